The van der Waals surface area contributed by atoms with E-state index in [1.54, 1.807) is 0 Å². The summed E-state index contributed by atoms with van der Waals surface area (Å²) in [5.41, 5.74) is 0.00407. The van der Waals surface area contributed by atoms with Crippen molar-refractivity contribution in [3.8, 4) is 0 Å². The fourth-order valence-electron chi connectivity index (χ4n) is 0.608. The molecule has 0 nitrogen and oxygen atoms in total. The predicted octanol–water partition coefficient (Wildman–Crippen LogP) is 3.28. The Morgan fingerprint density at radius 3 is 2.00 bits per heavy atom. The molecule has 0 N–H and O–H groups in total. The van der Waals surface area contributed by atoms with Gasteiger partial charge in [-0.05, 0) is 12.1 Å². The van der Waals surface area contributed by atoms with Crippen LogP contribution in [0.1, 0.15) is 12.0 Å². The van der Waals surface area contributed by atoms with Crippen LogP contribution in [0.4, 0.5) is 8.78 Å². The van der Waals surface area contributed by atoms with Crippen LogP contribution in [0, 0.1) is 0 Å². The number of hydrogen-bond donors (Lipinski definition) is 0. The van der Waals surface area contributed by atoms with E-state index in [2.05, 4.69) is 0 Å². The van der Waals surface area contributed by atoms with Gasteiger partial charge >= 0.3 is 0 Å². The quantitative estimate of drug-likeness (QED) is 0.595. The minimum absolute atomic E-state index is 0.00407. The van der Waals surface area contributed by atoms with Crippen LogP contribution in [0.2, 0.25) is 5.02 Å². The fraction of sp³-hybridized carbons (Fsp3) is 0.143. The Hall–Kier alpha value is -0.630. The molecule has 0 aliphatic rings. The lowest BCUT2D eigenvalue weighted by atomic mass is 10.2. The van der Waals surface area contributed by atoms with Gasteiger partial charge in [-0.2, -0.15) is 0 Å². The summed E-state index contributed by atoms with van der Waals surface area (Å²) in [5.74, 6) is 0. The van der Waals surface area contributed by atoms with E-state index in [1.807, 2.05) is 0 Å². The Morgan fingerprint density at radius 2 is 1.60 bits per heavy atom. The third-order valence-electron chi connectivity index (χ3n) is 1.12. The van der Waals surface area contributed by atoms with Crippen molar-refractivity contribution < 1.29 is 8.78 Å². The lowest BCUT2D eigenvalue weighted by Gasteiger charge is -1.96. The van der Waals surface area contributed by atoms with Crippen LogP contribution in [0.25, 0.3) is 0 Å². The van der Waals surface area contributed by atoms with Crippen molar-refractivity contribution in [1.82, 2.24) is 0 Å². The Labute approximate surface area is 62.4 Å². The van der Waals surface area contributed by atoms with Gasteiger partial charge in [0.2, 0.25) is 0 Å². The van der Waals surface area contributed by atoms with E-state index in [0.29, 0.717) is 5.02 Å². The molecule has 0 heterocycles. The zero-order valence-electron chi connectivity index (χ0n) is 5.02. The van der Waals surface area contributed by atoms with E-state index in [4.69, 9.17) is 11.6 Å². The molecule has 3 heteroatoms. The second-order valence-corrected chi connectivity index (χ2v) is 2.29. The molecule has 0 amide bonds. The first-order valence-electron chi connectivity index (χ1n) is 2.74. The number of halogens is 3. The second-order valence-electron chi connectivity index (χ2n) is 1.85. The fourth-order valence-corrected chi connectivity index (χ4v) is 0.734. The maximum Gasteiger partial charge on any atom is 0.263 e. The highest BCUT2D eigenvalue weighted by Gasteiger charge is 2.04. The zero-order chi connectivity index (χ0) is 7.56. The van der Waals surface area contributed by atoms with Crippen LogP contribution in [0.3, 0.4) is 0 Å². The number of benzene rings is 1. The normalized spacial score (nSPS) is 10.4. The molecule has 0 unspecified atom stereocenters. The maximum absolute atomic E-state index is 11.9. The maximum atomic E-state index is 11.9. The molecule has 10 heavy (non-hydrogen) atoms. The van der Waals surface area contributed by atoms with Gasteiger partial charge in [0, 0.05) is 10.6 Å². The highest BCUT2D eigenvalue weighted by molar-refractivity contribution is 6.30. The molecule has 0 saturated heterocycles. The van der Waals surface area contributed by atoms with Crippen molar-refractivity contribution in [3.05, 3.63) is 34.9 Å². The highest BCUT2D eigenvalue weighted by Crippen LogP contribution is 2.19. The van der Waals surface area contributed by atoms with Crippen molar-refractivity contribution in [1.29, 1.82) is 0 Å². The van der Waals surface area contributed by atoms with Crippen LogP contribution in [-0.2, 0) is 0 Å². The molecule has 0 saturated carbocycles. The summed E-state index contributed by atoms with van der Waals surface area (Å²) in [6.07, 6.45) is -2.41. The Bertz CT molecular complexity index is 205. The molecular weight excluding hydrogens is 158 g/mol. The van der Waals surface area contributed by atoms with Crippen molar-refractivity contribution in [2.24, 2.45) is 0 Å². The van der Waals surface area contributed by atoms with Crippen LogP contribution < -0.4 is 0 Å². The van der Waals surface area contributed by atoms with Crippen molar-refractivity contribution >= 4 is 11.6 Å². The molecule has 0 aromatic heterocycles. The van der Waals surface area contributed by atoms with E-state index < -0.39 is 6.43 Å². The predicted molar refractivity (Wildman–Crippen MR) is 36.4 cm³/mol. The Balaban J connectivity index is 2.89. The lowest BCUT2D eigenvalue weighted by molar-refractivity contribution is 0.151. The standard InChI is InChI=1S/C7H5ClF2/c8-6-3-1-5(2-4-6)7(9)10/h1-4,7H. The molecule has 1 aromatic rings. The van der Waals surface area contributed by atoms with Crippen molar-refractivity contribution in [2.75, 3.05) is 0 Å². The first-order valence-corrected chi connectivity index (χ1v) is 3.11. The van der Waals surface area contributed by atoms with E-state index >= 15 is 0 Å². The van der Waals surface area contributed by atoms with Crippen LogP contribution >= 0.6 is 11.6 Å². The van der Waals surface area contributed by atoms with Gasteiger partial charge in [-0.3, -0.25) is 0 Å². The van der Waals surface area contributed by atoms with Gasteiger partial charge in [0.25, 0.3) is 6.43 Å². The minimum Gasteiger partial charge on any atom is -0.205 e. The Morgan fingerprint density at radius 1 is 1.10 bits per heavy atom. The molecule has 54 valence electrons. The summed E-state index contributed by atoms with van der Waals surface area (Å²) in [5, 5.41) is 0.476. The summed E-state index contributed by atoms with van der Waals surface area (Å²) in [7, 11) is 0. The third-order valence-corrected chi connectivity index (χ3v) is 1.37. The average molecular weight is 163 g/mol. The second kappa shape index (κ2) is 2.97. The molecular formula is C7H5ClF2. The molecule has 0 aliphatic heterocycles. The SMILES string of the molecule is FC(F)c1ccc(Cl)cc1. The monoisotopic (exact) mass is 162 g/mol. The smallest absolute Gasteiger partial charge is 0.205 e. The van der Waals surface area contributed by atoms with Gasteiger partial charge in [-0.25, -0.2) is 8.78 Å². The zero-order valence-corrected chi connectivity index (χ0v) is 5.78. The molecule has 0 atom stereocenters. The summed E-state index contributed by atoms with van der Waals surface area (Å²) in [6, 6.07) is 5.52. The summed E-state index contributed by atoms with van der Waals surface area (Å²) >= 11 is 5.47. The summed E-state index contributed by atoms with van der Waals surface area (Å²) in [6.45, 7) is 0. The summed E-state index contributed by atoms with van der Waals surface area (Å²) < 4.78 is 23.7. The molecule has 0 spiro atoms. The van der Waals surface area contributed by atoms with Gasteiger partial charge in [0.05, 0.1) is 0 Å². The van der Waals surface area contributed by atoms with Gasteiger partial charge < -0.3 is 0 Å². The molecule has 0 fully saturated rings. The first-order chi connectivity index (χ1) is 4.70. The van der Waals surface area contributed by atoms with Crippen molar-refractivity contribution in [3.63, 3.8) is 0 Å². The van der Waals surface area contributed by atoms with Gasteiger partial charge in [-0.1, -0.05) is 23.7 Å². The van der Waals surface area contributed by atoms with E-state index in [9.17, 15) is 8.78 Å². The Kier molecular flexibility index (Phi) is 2.22. The molecule has 0 bridgehead atoms. The average Bonchev–Trinajstić information content (AvgIpc) is 1.88. The first kappa shape index (κ1) is 7.48. The topological polar surface area (TPSA) is 0 Å². The van der Waals surface area contributed by atoms with E-state index in [0.717, 1.165) is 0 Å². The number of rotatable bonds is 1. The van der Waals surface area contributed by atoms with Gasteiger partial charge in [-0.15, -0.1) is 0 Å². The molecule has 1 rings (SSSR count). The highest BCUT2D eigenvalue weighted by atomic mass is 35.5. The van der Waals surface area contributed by atoms with Gasteiger partial charge in [0.1, 0.15) is 0 Å². The lowest BCUT2D eigenvalue weighted by Crippen LogP contribution is -1.80. The third kappa shape index (κ3) is 1.67. The van der Waals surface area contributed by atoms with Crippen LogP contribution in [-0.4, -0.2) is 0 Å². The molecule has 0 aliphatic carbocycles. The van der Waals surface area contributed by atoms with Crippen LogP contribution in [0.5, 0.6) is 0 Å². The minimum atomic E-state index is -2.41. The molecule has 0 radical (unpaired) electrons. The van der Waals surface area contributed by atoms with Gasteiger partial charge in [0.15, 0.2) is 0 Å². The number of alkyl halides is 2. The van der Waals surface area contributed by atoms with Crippen LogP contribution in [0.15, 0.2) is 24.3 Å². The largest absolute Gasteiger partial charge is 0.263 e. The van der Waals surface area contributed by atoms with E-state index in [-0.39, 0.29) is 5.56 Å². The molecule has 1 aromatic carbocycles. The number of hydrogen-bond acceptors (Lipinski definition) is 0. The summed E-state index contributed by atoms with van der Waals surface area (Å²) in [4.78, 5) is 0. The van der Waals surface area contributed by atoms with Crippen molar-refractivity contribution in [2.45, 2.75) is 6.43 Å². The van der Waals surface area contributed by atoms with E-state index in [1.165, 1.54) is 24.3 Å².